The van der Waals surface area contributed by atoms with Gasteiger partial charge in [0.15, 0.2) is 16.7 Å². The van der Waals surface area contributed by atoms with Gasteiger partial charge in [0.05, 0.1) is 22.8 Å². The minimum atomic E-state index is -0.558. The number of rotatable bonds is 4. The average Bonchev–Trinajstić information content (AvgIpc) is 3.55. The lowest BCUT2D eigenvalue weighted by atomic mass is 10.1. The van der Waals surface area contributed by atoms with E-state index in [9.17, 15) is 4.39 Å². The highest BCUT2D eigenvalue weighted by Crippen LogP contribution is 2.35. The van der Waals surface area contributed by atoms with Gasteiger partial charge in [-0.05, 0) is 56.0 Å². The summed E-state index contributed by atoms with van der Waals surface area (Å²) in [6, 6.07) is 7.91. The Morgan fingerprint density at radius 3 is 2.91 bits per heavy atom. The molecule has 2 aliphatic rings. The maximum Gasteiger partial charge on any atom is 0.166 e. The number of nitrogens with two attached hydrogens (primary N) is 1. The summed E-state index contributed by atoms with van der Waals surface area (Å²) in [5.74, 6) is 0.785. The molecule has 3 aromatic rings. The summed E-state index contributed by atoms with van der Waals surface area (Å²) < 4.78 is 22.0. The summed E-state index contributed by atoms with van der Waals surface area (Å²) in [5, 5.41) is 12.0. The Morgan fingerprint density at radius 1 is 1.33 bits per heavy atom. The molecule has 10 heteroatoms. The van der Waals surface area contributed by atoms with Gasteiger partial charge in [-0.3, -0.25) is 0 Å². The van der Waals surface area contributed by atoms with Crippen molar-refractivity contribution in [1.29, 1.82) is 5.53 Å². The lowest BCUT2D eigenvalue weighted by molar-refractivity contribution is 0.226. The fraction of sp³-hybridized carbons (Fsp3) is 0.304. The molecule has 2 aromatic heterocycles. The van der Waals surface area contributed by atoms with E-state index in [0.29, 0.717) is 45.6 Å². The van der Waals surface area contributed by atoms with Crippen LogP contribution in [0.2, 0.25) is 5.15 Å². The van der Waals surface area contributed by atoms with Crippen molar-refractivity contribution >= 4 is 23.1 Å². The summed E-state index contributed by atoms with van der Waals surface area (Å²) in [4.78, 5) is 4.31. The molecular formula is C23H23ClFN7O. The van der Waals surface area contributed by atoms with Crippen molar-refractivity contribution in [3.63, 3.8) is 0 Å². The fourth-order valence-electron chi connectivity index (χ4n) is 4.00. The molecular weight excluding hydrogens is 445 g/mol. The maximum absolute atomic E-state index is 14.2. The first kappa shape index (κ1) is 21.4. The van der Waals surface area contributed by atoms with E-state index in [2.05, 4.69) is 20.5 Å². The molecule has 0 saturated heterocycles. The summed E-state index contributed by atoms with van der Waals surface area (Å²) >= 11 is 6.28. The van der Waals surface area contributed by atoms with Crippen LogP contribution in [0.3, 0.4) is 0 Å². The van der Waals surface area contributed by atoms with E-state index in [4.69, 9.17) is 27.6 Å². The van der Waals surface area contributed by atoms with Gasteiger partial charge in [0.2, 0.25) is 0 Å². The van der Waals surface area contributed by atoms with Gasteiger partial charge >= 0.3 is 0 Å². The standard InChI is InChI=1S/C23H23ClFN7O/c1-12-17-7-15(25)4-5-19(17)32-16(9-21(24)31-32)8-18(30-27)22(28-10-13-2-3-13)14-6-20(33-12)23(26)29-11-14/h4-7,9,11-13,27-28H,2-3,8,10H2,1H3,(H2,26,29)/b22-18-,30-27?/t12-/m1/s1. The Balaban J connectivity index is 1.73. The highest BCUT2D eigenvalue weighted by atomic mass is 35.5. The molecule has 1 aromatic carbocycles. The van der Waals surface area contributed by atoms with E-state index in [-0.39, 0.29) is 17.4 Å². The predicted octanol–water partition coefficient (Wildman–Crippen LogP) is 5.04. The molecule has 3 heterocycles. The van der Waals surface area contributed by atoms with Crippen LogP contribution in [-0.2, 0) is 6.42 Å². The van der Waals surface area contributed by atoms with Gasteiger partial charge in [-0.15, -0.1) is 0 Å². The number of nitrogen functional groups attached to an aromatic ring is 1. The summed E-state index contributed by atoms with van der Waals surface area (Å²) in [5.41, 5.74) is 17.8. The third-order valence-electron chi connectivity index (χ3n) is 5.92. The van der Waals surface area contributed by atoms with Gasteiger partial charge in [0.1, 0.15) is 11.9 Å². The first-order valence-corrected chi connectivity index (χ1v) is 11.1. The number of anilines is 1. The van der Waals surface area contributed by atoms with Gasteiger partial charge in [-0.2, -0.15) is 10.2 Å². The molecule has 0 amide bonds. The van der Waals surface area contributed by atoms with Crippen LogP contribution < -0.4 is 15.8 Å². The van der Waals surface area contributed by atoms with E-state index in [1.807, 2.05) is 6.92 Å². The monoisotopic (exact) mass is 467 g/mol. The highest BCUT2D eigenvalue weighted by molar-refractivity contribution is 6.29. The summed E-state index contributed by atoms with van der Waals surface area (Å²) in [7, 11) is 0. The highest BCUT2D eigenvalue weighted by Gasteiger charge is 2.25. The number of ether oxygens (including phenoxy) is 1. The lowest BCUT2D eigenvalue weighted by Crippen LogP contribution is -2.19. The van der Waals surface area contributed by atoms with Gasteiger partial charge in [0, 0.05) is 30.3 Å². The zero-order valence-corrected chi connectivity index (χ0v) is 18.7. The first-order chi connectivity index (χ1) is 15.9. The van der Waals surface area contributed by atoms with Crippen LogP contribution in [0.25, 0.3) is 11.4 Å². The van der Waals surface area contributed by atoms with Crippen LogP contribution in [0, 0.1) is 17.3 Å². The molecule has 1 aliphatic heterocycles. The number of fused-ring (bicyclic) bond motifs is 5. The Kier molecular flexibility index (Phi) is 5.49. The van der Waals surface area contributed by atoms with Crippen LogP contribution in [0.4, 0.5) is 10.2 Å². The smallest absolute Gasteiger partial charge is 0.166 e. The fourth-order valence-corrected chi connectivity index (χ4v) is 4.20. The van der Waals surface area contributed by atoms with Crippen molar-refractivity contribution in [3.8, 4) is 11.4 Å². The van der Waals surface area contributed by atoms with Crippen molar-refractivity contribution < 1.29 is 9.13 Å². The number of hydrogen-bond donors (Lipinski definition) is 3. The molecule has 0 spiro atoms. The predicted molar refractivity (Wildman–Crippen MR) is 123 cm³/mol. The van der Waals surface area contributed by atoms with Gasteiger partial charge in [-0.1, -0.05) is 11.6 Å². The van der Waals surface area contributed by atoms with Gasteiger partial charge in [0.25, 0.3) is 0 Å². The number of benzene rings is 1. The Morgan fingerprint density at radius 2 is 2.15 bits per heavy atom. The number of pyridine rings is 1. The second kappa shape index (κ2) is 8.47. The Bertz CT molecular complexity index is 1270. The molecule has 5 rings (SSSR count). The molecule has 170 valence electrons. The summed E-state index contributed by atoms with van der Waals surface area (Å²) in [6.07, 6.45) is 3.71. The van der Waals surface area contributed by atoms with Crippen LogP contribution in [0.5, 0.6) is 5.75 Å². The first-order valence-electron chi connectivity index (χ1n) is 10.7. The van der Waals surface area contributed by atoms with Gasteiger partial charge in [-0.25, -0.2) is 19.6 Å². The molecule has 0 radical (unpaired) electrons. The zero-order valence-electron chi connectivity index (χ0n) is 18.0. The molecule has 1 atom stereocenters. The molecule has 1 aliphatic carbocycles. The molecule has 1 saturated carbocycles. The molecule has 33 heavy (non-hydrogen) atoms. The van der Waals surface area contributed by atoms with Crippen molar-refractivity contribution in [2.45, 2.75) is 32.3 Å². The van der Waals surface area contributed by atoms with Crippen molar-refractivity contribution in [3.05, 3.63) is 70.0 Å². The van der Waals surface area contributed by atoms with Crippen LogP contribution in [0.1, 0.15) is 42.7 Å². The second-order valence-electron chi connectivity index (χ2n) is 8.38. The topological polar surface area (TPSA) is 114 Å². The number of aromatic nitrogens is 3. The third-order valence-corrected chi connectivity index (χ3v) is 6.10. The molecule has 1 fully saturated rings. The second-order valence-corrected chi connectivity index (χ2v) is 8.76. The van der Waals surface area contributed by atoms with E-state index < -0.39 is 11.9 Å². The normalized spacial score (nSPS) is 20.0. The Labute approximate surface area is 195 Å². The molecule has 2 bridgehead atoms. The number of nitrogens with one attached hydrogen (secondary N) is 2. The average molecular weight is 468 g/mol. The van der Waals surface area contributed by atoms with Crippen molar-refractivity contribution in [2.75, 3.05) is 12.3 Å². The lowest BCUT2D eigenvalue weighted by Gasteiger charge is -2.22. The number of nitrogens with zero attached hydrogens (tertiary/aromatic N) is 4. The minimum Gasteiger partial charge on any atom is -0.482 e. The third kappa shape index (κ3) is 4.28. The van der Waals surface area contributed by atoms with Gasteiger partial charge < -0.3 is 15.8 Å². The largest absolute Gasteiger partial charge is 0.482 e. The molecule has 8 nitrogen and oxygen atoms in total. The number of allylic oxidation sites excluding steroid dienone is 1. The minimum absolute atomic E-state index is 0.217. The SMILES string of the molecule is C[C@H]1Oc2cc(cnc2N)/C(NCC2CC2)=C(/N=N)Cc2cc(Cl)nn2-c2ccc(F)cc21. The number of halogens is 2. The van der Waals surface area contributed by atoms with Crippen molar-refractivity contribution in [2.24, 2.45) is 11.0 Å². The van der Waals surface area contributed by atoms with Crippen molar-refractivity contribution in [1.82, 2.24) is 20.1 Å². The molecule has 0 unspecified atom stereocenters. The van der Waals surface area contributed by atoms with Crippen LogP contribution in [0.15, 0.2) is 47.3 Å². The van der Waals surface area contributed by atoms with E-state index in [0.717, 1.165) is 6.54 Å². The quantitative estimate of drug-likeness (QED) is 0.465. The van der Waals surface area contributed by atoms with Crippen LogP contribution >= 0.6 is 11.6 Å². The Hall–Kier alpha value is -3.46. The van der Waals surface area contributed by atoms with Crippen LogP contribution in [-0.4, -0.2) is 21.3 Å². The summed E-state index contributed by atoms with van der Waals surface area (Å²) in [6.45, 7) is 2.58. The van der Waals surface area contributed by atoms with E-state index >= 15 is 0 Å². The van der Waals surface area contributed by atoms with E-state index in [1.54, 1.807) is 29.1 Å². The zero-order chi connectivity index (χ0) is 23.1. The number of hydrogen-bond acceptors (Lipinski definition) is 7. The molecule has 4 N–H and O–H groups in total. The van der Waals surface area contributed by atoms with E-state index in [1.165, 1.54) is 25.0 Å². The maximum atomic E-state index is 14.2.